The number of alkyl halides is 3. The summed E-state index contributed by atoms with van der Waals surface area (Å²) in [6, 6.07) is 17.8. The van der Waals surface area contributed by atoms with Crippen molar-refractivity contribution < 1.29 is 13.2 Å². The Kier molecular flexibility index (Phi) is 5.13. The van der Waals surface area contributed by atoms with Gasteiger partial charge in [-0.2, -0.15) is 18.4 Å². The summed E-state index contributed by atoms with van der Waals surface area (Å²) in [6.07, 6.45) is -1.17. The van der Waals surface area contributed by atoms with Crippen molar-refractivity contribution in [2.45, 2.75) is 32.6 Å². The number of nitrogens with zero attached hydrogens (tertiary/aromatic N) is 5. The zero-order valence-corrected chi connectivity index (χ0v) is 18.5. The molecule has 5 nitrogen and oxygen atoms in total. The van der Waals surface area contributed by atoms with Gasteiger partial charge in [0.1, 0.15) is 29.3 Å². The summed E-state index contributed by atoms with van der Waals surface area (Å²) in [5.41, 5.74) is 2.57. The fourth-order valence-corrected chi connectivity index (χ4v) is 4.58. The summed E-state index contributed by atoms with van der Waals surface area (Å²) in [5, 5.41) is 9.77. The first-order valence-electron chi connectivity index (χ1n) is 10.7. The molecule has 2 aromatic heterocycles. The maximum absolute atomic E-state index is 13.8. The fraction of sp³-hybridized carbons (Fsp3) is 0.192. The van der Waals surface area contributed by atoms with Crippen LogP contribution in [0.3, 0.4) is 0 Å². The molecule has 0 radical (unpaired) electrons. The van der Waals surface area contributed by atoms with Crippen LogP contribution in [0, 0.1) is 25.2 Å². The summed E-state index contributed by atoms with van der Waals surface area (Å²) < 4.78 is 43.4. The van der Waals surface area contributed by atoms with E-state index >= 15 is 0 Å². The summed E-state index contributed by atoms with van der Waals surface area (Å²) in [4.78, 5) is 10.8. The van der Waals surface area contributed by atoms with E-state index in [1.807, 2.05) is 66.2 Å². The number of anilines is 1. The molecule has 1 aliphatic rings. The number of benzene rings is 2. The van der Waals surface area contributed by atoms with Gasteiger partial charge in [0.2, 0.25) is 0 Å². The Morgan fingerprint density at radius 3 is 2.59 bits per heavy atom. The molecule has 3 heterocycles. The number of pyridine rings is 1. The highest BCUT2D eigenvalue weighted by molar-refractivity contribution is 5.64. The number of aromatic nitrogens is 3. The molecule has 0 spiro atoms. The lowest BCUT2D eigenvalue weighted by Gasteiger charge is -2.28. The fourth-order valence-electron chi connectivity index (χ4n) is 4.58. The zero-order chi connectivity index (χ0) is 24.0. The van der Waals surface area contributed by atoms with Crippen molar-refractivity contribution in [3.8, 4) is 11.8 Å². The molecule has 2 aromatic carbocycles. The van der Waals surface area contributed by atoms with Crippen molar-refractivity contribution in [1.82, 2.24) is 14.5 Å². The molecule has 0 bridgehead atoms. The molecule has 0 saturated carbocycles. The van der Waals surface area contributed by atoms with Gasteiger partial charge in [-0.1, -0.05) is 36.4 Å². The van der Waals surface area contributed by atoms with Crippen molar-refractivity contribution >= 4 is 5.82 Å². The molecule has 0 aliphatic carbocycles. The lowest BCUT2D eigenvalue weighted by Crippen LogP contribution is -2.28. The van der Waals surface area contributed by atoms with Crippen LogP contribution >= 0.6 is 0 Å². The first-order chi connectivity index (χ1) is 16.3. The maximum atomic E-state index is 13.8. The predicted molar refractivity (Wildman–Crippen MR) is 121 cm³/mol. The second-order valence-electron chi connectivity index (χ2n) is 8.34. The van der Waals surface area contributed by atoms with E-state index in [2.05, 4.69) is 9.97 Å². The van der Waals surface area contributed by atoms with Gasteiger partial charge in [0.25, 0.3) is 0 Å². The molecular formula is C26H20F3N5. The third kappa shape index (κ3) is 3.59. The molecule has 0 fully saturated rings. The van der Waals surface area contributed by atoms with E-state index in [0.29, 0.717) is 12.4 Å². The molecular weight excluding hydrogens is 439 g/mol. The Hall–Kier alpha value is -4.12. The number of hydrogen-bond donors (Lipinski definition) is 0. The topological polar surface area (TPSA) is 57.7 Å². The van der Waals surface area contributed by atoms with Gasteiger partial charge in [-0.3, -0.25) is 0 Å². The average Bonchev–Trinajstić information content (AvgIpc) is 3.42. The molecule has 1 aliphatic heterocycles. The van der Waals surface area contributed by atoms with Gasteiger partial charge >= 0.3 is 6.18 Å². The van der Waals surface area contributed by atoms with Gasteiger partial charge in [0.15, 0.2) is 0 Å². The first-order valence-corrected chi connectivity index (χ1v) is 10.7. The Labute approximate surface area is 194 Å². The Morgan fingerprint density at radius 2 is 1.85 bits per heavy atom. The Balaban J connectivity index is 1.73. The minimum atomic E-state index is -4.67. The van der Waals surface area contributed by atoms with Crippen molar-refractivity contribution in [1.29, 1.82) is 5.26 Å². The highest BCUT2D eigenvalue weighted by Crippen LogP contribution is 2.44. The minimum absolute atomic E-state index is 0.00909. The van der Waals surface area contributed by atoms with Gasteiger partial charge in [0, 0.05) is 30.3 Å². The number of fused-ring (bicyclic) bond motifs is 1. The number of nitriles is 1. The quantitative estimate of drug-likeness (QED) is 0.384. The van der Waals surface area contributed by atoms with Crippen LogP contribution in [0.1, 0.15) is 45.4 Å². The summed E-state index contributed by atoms with van der Waals surface area (Å²) in [5.74, 6) is 0.645. The molecule has 8 heteroatoms. The zero-order valence-electron chi connectivity index (χ0n) is 18.5. The molecule has 0 N–H and O–H groups in total. The third-order valence-electron chi connectivity index (χ3n) is 6.01. The van der Waals surface area contributed by atoms with E-state index in [0.717, 1.165) is 28.4 Å². The minimum Gasteiger partial charge on any atom is -0.337 e. The second-order valence-corrected chi connectivity index (χ2v) is 8.34. The van der Waals surface area contributed by atoms with Gasteiger partial charge in [-0.15, -0.1) is 0 Å². The number of hydrogen-bond acceptors (Lipinski definition) is 4. The molecule has 170 valence electrons. The second kappa shape index (κ2) is 8.03. The van der Waals surface area contributed by atoms with Crippen molar-refractivity contribution in [3.05, 3.63) is 106 Å². The molecule has 0 unspecified atom stereocenters. The first kappa shape index (κ1) is 21.7. The Bertz CT molecular complexity index is 1430. The largest absolute Gasteiger partial charge is 0.417 e. The van der Waals surface area contributed by atoms with E-state index in [9.17, 15) is 18.4 Å². The van der Waals surface area contributed by atoms with Crippen LogP contribution < -0.4 is 4.90 Å². The third-order valence-corrected chi connectivity index (χ3v) is 6.01. The van der Waals surface area contributed by atoms with Crippen LogP contribution in [0.5, 0.6) is 0 Å². The Morgan fingerprint density at radius 1 is 1.06 bits per heavy atom. The number of imidazole rings is 1. The van der Waals surface area contributed by atoms with Crippen LogP contribution in [0.2, 0.25) is 0 Å². The normalized spacial score (nSPS) is 15.3. The van der Waals surface area contributed by atoms with Gasteiger partial charge < -0.3 is 9.47 Å². The van der Waals surface area contributed by atoms with Crippen LogP contribution in [0.15, 0.2) is 67.0 Å². The number of halogens is 3. The molecule has 1 atom stereocenters. The average molecular weight is 459 g/mol. The molecule has 0 amide bonds. The van der Waals surface area contributed by atoms with Crippen LogP contribution in [-0.2, 0) is 12.7 Å². The van der Waals surface area contributed by atoms with Crippen molar-refractivity contribution in [2.75, 3.05) is 4.90 Å². The van der Waals surface area contributed by atoms with E-state index in [-0.39, 0.29) is 11.5 Å². The number of aryl methyl sites for hydroxylation is 2. The lowest BCUT2D eigenvalue weighted by atomic mass is 10.0. The summed E-state index contributed by atoms with van der Waals surface area (Å²) >= 11 is 0. The highest BCUT2D eigenvalue weighted by atomic mass is 19.4. The van der Waals surface area contributed by atoms with E-state index in [4.69, 9.17) is 0 Å². The number of rotatable bonds is 3. The van der Waals surface area contributed by atoms with E-state index in [1.54, 1.807) is 17.2 Å². The predicted octanol–water partition coefficient (Wildman–Crippen LogP) is 5.88. The molecule has 0 saturated heterocycles. The highest BCUT2D eigenvalue weighted by Gasteiger charge is 2.41. The van der Waals surface area contributed by atoms with Crippen LogP contribution in [0.25, 0.3) is 5.69 Å². The molecule has 5 rings (SSSR count). The summed E-state index contributed by atoms with van der Waals surface area (Å²) in [7, 11) is 0. The van der Waals surface area contributed by atoms with E-state index < -0.39 is 23.3 Å². The molecule has 4 aromatic rings. The monoisotopic (exact) mass is 459 g/mol. The van der Waals surface area contributed by atoms with Crippen molar-refractivity contribution in [2.24, 2.45) is 0 Å². The van der Waals surface area contributed by atoms with Gasteiger partial charge in [-0.05, 0) is 48.7 Å². The van der Waals surface area contributed by atoms with Crippen LogP contribution in [0.4, 0.5) is 19.0 Å². The standard InChI is InChI=1S/C26H20F3N5/c1-16-6-5-8-19(12-16)33-11-10-31-25(33)23-20-9-4-3-7-18(20)15-34(23)24-21(14-30)22(26(27,28)29)13-17(2)32-24/h3-13,23H,15H2,1-2H3/t23-/m1/s1. The van der Waals surface area contributed by atoms with Crippen LogP contribution in [-0.4, -0.2) is 14.5 Å². The SMILES string of the molecule is Cc1cccc(-n2ccnc2[C@H]2c3ccccc3CN2c2nc(C)cc(C(F)(F)F)c2C#N)c1. The van der Waals surface area contributed by atoms with E-state index in [1.165, 1.54) is 6.92 Å². The van der Waals surface area contributed by atoms with Crippen molar-refractivity contribution in [3.63, 3.8) is 0 Å². The maximum Gasteiger partial charge on any atom is 0.417 e. The summed E-state index contributed by atoms with van der Waals surface area (Å²) in [6.45, 7) is 3.81. The van der Waals surface area contributed by atoms with Gasteiger partial charge in [-0.25, -0.2) is 9.97 Å². The smallest absolute Gasteiger partial charge is 0.337 e. The lowest BCUT2D eigenvalue weighted by molar-refractivity contribution is -0.137. The van der Waals surface area contributed by atoms with Gasteiger partial charge in [0.05, 0.1) is 5.56 Å². The molecule has 34 heavy (non-hydrogen) atoms.